The van der Waals surface area contributed by atoms with Crippen LogP contribution in [0.25, 0.3) is 0 Å². The average Bonchev–Trinajstić information content (AvgIpc) is 1.94. The zero-order chi connectivity index (χ0) is 11.4. The molecule has 0 unspecified atom stereocenters. The Labute approximate surface area is 87.4 Å². The number of rotatable bonds is 4. The van der Waals surface area contributed by atoms with Gasteiger partial charge in [0.15, 0.2) is 0 Å². The van der Waals surface area contributed by atoms with Crippen molar-refractivity contribution in [2.75, 3.05) is 13.2 Å². The molecule has 0 rings (SSSR count). The summed E-state index contributed by atoms with van der Waals surface area (Å²) >= 11 is 0. The normalized spacial score (nSPS) is 13.7. The molecule has 0 saturated heterocycles. The summed E-state index contributed by atoms with van der Waals surface area (Å²) in [6.45, 7) is 12.4. The minimum Gasteiger partial charge on any atom is -0.388 e. The van der Waals surface area contributed by atoms with E-state index in [1.807, 2.05) is 41.5 Å². The van der Waals surface area contributed by atoms with Crippen molar-refractivity contribution in [3.8, 4) is 0 Å². The van der Waals surface area contributed by atoms with E-state index in [9.17, 15) is 5.11 Å². The number of aliphatic hydroxyl groups excluding tert-OH is 1. The molecule has 0 radical (unpaired) electrons. The highest BCUT2D eigenvalue weighted by molar-refractivity contribution is 4.64. The summed E-state index contributed by atoms with van der Waals surface area (Å²) in [5.74, 6) is 0. The monoisotopic (exact) mass is 204 g/mol. The summed E-state index contributed by atoms with van der Waals surface area (Å²) < 4.78 is 10.9. The molecule has 0 aliphatic heterocycles. The smallest absolute Gasteiger partial charge is 0.101 e. The second-order valence-electron chi connectivity index (χ2n) is 5.50. The lowest BCUT2D eigenvalue weighted by molar-refractivity contribution is -0.0971. The number of ether oxygens (including phenoxy) is 2. The average molecular weight is 204 g/mol. The van der Waals surface area contributed by atoms with Crippen molar-refractivity contribution in [1.29, 1.82) is 0 Å². The van der Waals surface area contributed by atoms with Gasteiger partial charge in [-0.25, -0.2) is 0 Å². The van der Waals surface area contributed by atoms with Crippen molar-refractivity contribution in [2.24, 2.45) is 0 Å². The fraction of sp³-hybridized carbons (Fsp3) is 1.00. The van der Waals surface area contributed by atoms with Gasteiger partial charge in [0.1, 0.15) is 6.10 Å². The van der Waals surface area contributed by atoms with E-state index in [4.69, 9.17) is 9.47 Å². The van der Waals surface area contributed by atoms with Gasteiger partial charge in [-0.3, -0.25) is 0 Å². The molecule has 0 bridgehead atoms. The Balaban J connectivity index is 3.62. The Kier molecular flexibility index (Phi) is 5.06. The summed E-state index contributed by atoms with van der Waals surface area (Å²) in [7, 11) is 0. The molecule has 0 spiro atoms. The highest BCUT2D eigenvalue weighted by Crippen LogP contribution is 2.10. The van der Waals surface area contributed by atoms with Gasteiger partial charge in [0, 0.05) is 0 Å². The summed E-state index contributed by atoms with van der Waals surface area (Å²) in [6, 6.07) is 0. The Bertz CT molecular complexity index is 135. The largest absolute Gasteiger partial charge is 0.388 e. The van der Waals surface area contributed by atoms with Crippen LogP contribution in [0.4, 0.5) is 0 Å². The third kappa shape index (κ3) is 9.96. The van der Waals surface area contributed by atoms with E-state index in [0.29, 0.717) is 13.2 Å². The molecule has 3 heteroatoms. The van der Waals surface area contributed by atoms with Crippen LogP contribution in [0.2, 0.25) is 0 Å². The van der Waals surface area contributed by atoms with Gasteiger partial charge in [-0.15, -0.1) is 0 Å². The van der Waals surface area contributed by atoms with Gasteiger partial charge in [-0.05, 0) is 41.5 Å². The first-order valence-electron chi connectivity index (χ1n) is 5.06. The lowest BCUT2D eigenvalue weighted by atomic mass is 10.2. The Morgan fingerprint density at radius 1 is 0.857 bits per heavy atom. The fourth-order valence-corrected chi connectivity index (χ4v) is 0.740. The van der Waals surface area contributed by atoms with Crippen molar-refractivity contribution >= 4 is 0 Å². The molecular formula is C11H24O3. The predicted molar refractivity (Wildman–Crippen MR) is 57.4 cm³/mol. The van der Waals surface area contributed by atoms with Gasteiger partial charge in [0.05, 0.1) is 24.4 Å². The third-order valence-electron chi connectivity index (χ3n) is 1.42. The van der Waals surface area contributed by atoms with Gasteiger partial charge < -0.3 is 14.6 Å². The molecule has 0 saturated carbocycles. The van der Waals surface area contributed by atoms with Crippen LogP contribution in [0.1, 0.15) is 41.5 Å². The van der Waals surface area contributed by atoms with Crippen LogP contribution < -0.4 is 0 Å². The maximum absolute atomic E-state index is 9.53. The Hall–Kier alpha value is -0.120. The second-order valence-corrected chi connectivity index (χ2v) is 5.50. The predicted octanol–water partition coefficient (Wildman–Crippen LogP) is 1.98. The summed E-state index contributed by atoms with van der Waals surface area (Å²) in [5, 5.41) is 9.53. The molecule has 14 heavy (non-hydrogen) atoms. The van der Waals surface area contributed by atoms with Crippen molar-refractivity contribution in [3.63, 3.8) is 0 Å². The highest BCUT2D eigenvalue weighted by atomic mass is 16.5. The van der Waals surface area contributed by atoms with E-state index in [1.54, 1.807) is 0 Å². The van der Waals surface area contributed by atoms with Crippen LogP contribution in [0, 0.1) is 0 Å². The molecule has 0 amide bonds. The number of aliphatic hydroxyl groups is 1. The lowest BCUT2D eigenvalue weighted by Crippen LogP contribution is -2.32. The Morgan fingerprint density at radius 3 is 1.36 bits per heavy atom. The van der Waals surface area contributed by atoms with Crippen LogP contribution in [0.5, 0.6) is 0 Å². The van der Waals surface area contributed by atoms with Gasteiger partial charge in [-0.2, -0.15) is 0 Å². The molecule has 0 fully saturated rings. The van der Waals surface area contributed by atoms with Crippen LogP contribution in [-0.4, -0.2) is 35.6 Å². The maximum Gasteiger partial charge on any atom is 0.101 e. The fourth-order valence-electron chi connectivity index (χ4n) is 0.740. The molecule has 1 N–H and O–H groups in total. The van der Waals surface area contributed by atoms with Crippen LogP contribution in [0.15, 0.2) is 0 Å². The SMILES string of the molecule is CC(C)(C)OCC(O)COC(C)(C)C. The zero-order valence-electron chi connectivity index (χ0n) is 10.3. The first-order valence-corrected chi connectivity index (χ1v) is 5.06. The van der Waals surface area contributed by atoms with E-state index < -0.39 is 6.10 Å². The van der Waals surface area contributed by atoms with E-state index in [2.05, 4.69) is 0 Å². The van der Waals surface area contributed by atoms with E-state index in [0.717, 1.165) is 0 Å². The van der Waals surface area contributed by atoms with E-state index in [1.165, 1.54) is 0 Å². The number of hydrogen-bond acceptors (Lipinski definition) is 3. The van der Waals surface area contributed by atoms with Crippen molar-refractivity contribution in [3.05, 3.63) is 0 Å². The highest BCUT2D eigenvalue weighted by Gasteiger charge is 2.16. The summed E-state index contributed by atoms with van der Waals surface area (Å²) in [4.78, 5) is 0. The Morgan fingerprint density at radius 2 is 1.14 bits per heavy atom. The van der Waals surface area contributed by atoms with Gasteiger partial charge in [0.2, 0.25) is 0 Å². The zero-order valence-corrected chi connectivity index (χ0v) is 10.3. The van der Waals surface area contributed by atoms with E-state index >= 15 is 0 Å². The third-order valence-corrected chi connectivity index (χ3v) is 1.42. The first-order chi connectivity index (χ1) is 6.10. The topological polar surface area (TPSA) is 38.7 Å². The number of hydrogen-bond donors (Lipinski definition) is 1. The van der Waals surface area contributed by atoms with Crippen LogP contribution in [-0.2, 0) is 9.47 Å². The lowest BCUT2D eigenvalue weighted by Gasteiger charge is -2.25. The van der Waals surface area contributed by atoms with Crippen molar-refractivity contribution < 1.29 is 14.6 Å². The molecule has 0 aromatic rings. The molecule has 86 valence electrons. The van der Waals surface area contributed by atoms with Crippen molar-refractivity contribution in [1.82, 2.24) is 0 Å². The minimum absolute atomic E-state index is 0.206. The molecule has 0 atom stereocenters. The van der Waals surface area contributed by atoms with Gasteiger partial charge >= 0.3 is 0 Å². The van der Waals surface area contributed by atoms with Gasteiger partial charge in [0.25, 0.3) is 0 Å². The molecule has 0 heterocycles. The molecule has 0 aliphatic carbocycles. The molecule has 3 nitrogen and oxygen atoms in total. The van der Waals surface area contributed by atoms with Gasteiger partial charge in [-0.1, -0.05) is 0 Å². The van der Waals surface area contributed by atoms with Crippen LogP contribution >= 0.6 is 0 Å². The summed E-state index contributed by atoms with van der Waals surface area (Å²) in [5.41, 5.74) is -0.411. The second kappa shape index (κ2) is 5.10. The standard InChI is InChI=1S/C11H24O3/c1-10(2,3)13-7-9(12)8-14-11(4,5)6/h9,12H,7-8H2,1-6H3. The maximum atomic E-state index is 9.53. The molecule has 0 aliphatic rings. The quantitative estimate of drug-likeness (QED) is 0.761. The minimum atomic E-state index is -0.548. The molecular weight excluding hydrogens is 180 g/mol. The van der Waals surface area contributed by atoms with E-state index in [-0.39, 0.29) is 11.2 Å². The first kappa shape index (κ1) is 13.9. The van der Waals surface area contributed by atoms with Crippen LogP contribution in [0.3, 0.4) is 0 Å². The molecule has 0 aromatic carbocycles. The summed E-state index contributed by atoms with van der Waals surface area (Å²) in [6.07, 6.45) is -0.548. The molecule has 0 aromatic heterocycles. The van der Waals surface area contributed by atoms with Crippen molar-refractivity contribution in [2.45, 2.75) is 58.8 Å².